The maximum Gasteiger partial charge on any atom is 0.107 e. The van der Waals surface area contributed by atoms with Gasteiger partial charge in [0.1, 0.15) is 11.5 Å². The molecule has 0 bridgehead atoms. The molecule has 3 heteroatoms. The van der Waals surface area contributed by atoms with Crippen molar-refractivity contribution in [1.29, 1.82) is 0 Å². The van der Waals surface area contributed by atoms with E-state index in [1.165, 1.54) is 25.7 Å². The average Bonchev–Trinajstić information content (AvgIpc) is 2.95. The zero-order valence-corrected chi connectivity index (χ0v) is 12.9. The standard InChI is InChI=1S/C17H26O3/c1-11-12(2)20-13(3)15(11)16(18)14-6-9-19-17(10-14)7-4-5-8-17/h14,16,18H,4-10H2,1-3H3. The third kappa shape index (κ3) is 2.31. The van der Waals surface area contributed by atoms with Gasteiger partial charge in [-0.25, -0.2) is 0 Å². The summed E-state index contributed by atoms with van der Waals surface area (Å²) >= 11 is 0. The molecule has 112 valence electrons. The van der Waals surface area contributed by atoms with Gasteiger partial charge in [0, 0.05) is 12.2 Å². The number of rotatable bonds is 2. The third-order valence-electron chi connectivity index (χ3n) is 5.41. The van der Waals surface area contributed by atoms with E-state index in [-0.39, 0.29) is 5.60 Å². The van der Waals surface area contributed by atoms with Crippen LogP contribution in [0.15, 0.2) is 4.42 Å². The largest absolute Gasteiger partial charge is 0.466 e. The third-order valence-corrected chi connectivity index (χ3v) is 5.41. The first kappa shape index (κ1) is 14.2. The van der Waals surface area contributed by atoms with Crippen LogP contribution in [-0.4, -0.2) is 17.3 Å². The van der Waals surface area contributed by atoms with Crippen LogP contribution < -0.4 is 0 Å². The molecular weight excluding hydrogens is 252 g/mol. The van der Waals surface area contributed by atoms with E-state index in [0.717, 1.165) is 42.1 Å². The minimum Gasteiger partial charge on any atom is -0.466 e. The van der Waals surface area contributed by atoms with E-state index in [9.17, 15) is 5.11 Å². The lowest BCUT2D eigenvalue weighted by Gasteiger charge is -2.40. The second-order valence-corrected chi connectivity index (χ2v) is 6.69. The first-order chi connectivity index (χ1) is 9.52. The number of aliphatic hydroxyl groups is 1. The fraction of sp³-hybridized carbons (Fsp3) is 0.765. The maximum atomic E-state index is 10.8. The quantitative estimate of drug-likeness (QED) is 0.890. The van der Waals surface area contributed by atoms with Crippen LogP contribution in [0.1, 0.15) is 67.3 Å². The first-order valence-corrected chi connectivity index (χ1v) is 7.91. The number of aliphatic hydroxyl groups excluding tert-OH is 1. The van der Waals surface area contributed by atoms with E-state index in [4.69, 9.17) is 9.15 Å². The van der Waals surface area contributed by atoms with Gasteiger partial charge in [-0.2, -0.15) is 0 Å². The monoisotopic (exact) mass is 278 g/mol. The molecule has 1 aromatic rings. The maximum absolute atomic E-state index is 10.8. The Bertz CT molecular complexity index is 483. The van der Waals surface area contributed by atoms with Crippen LogP contribution in [0.4, 0.5) is 0 Å². The molecule has 0 amide bonds. The minimum atomic E-state index is -0.408. The Morgan fingerprint density at radius 3 is 2.45 bits per heavy atom. The van der Waals surface area contributed by atoms with Crippen LogP contribution in [0.25, 0.3) is 0 Å². The van der Waals surface area contributed by atoms with Crippen molar-refractivity contribution in [1.82, 2.24) is 0 Å². The Hall–Kier alpha value is -0.800. The van der Waals surface area contributed by atoms with Gasteiger partial charge in [-0.15, -0.1) is 0 Å². The highest BCUT2D eigenvalue weighted by molar-refractivity contribution is 5.33. The summed E-state index contributed by atoms with van der Waals surface area (Å²) in [6.07, 6.45) is 6.41. The minimum absolute atomic E-state index is 0.0600. The van der Waals surface area contributed by atoms with Gasteiger partial charge < -0.3 is 14.3 Å². The van der Waals surface area contributed by atoms with Crippen LogP contribution >= 0.6 is 0 Å². The van der Waals surface area contributed by atoms with E-state index in [1.54, 1.807) is 0 Å². The summed E-state index contributed by atoms with van der Waals surface area (Å²) in [5.41, 5.74) is 2.19. The van der Waals surface area contributed by atoms with E-state index in [1.807, 2.05) is 13.8 Å². The molecule has 20 heavy (non-hydrogen) atoms. The lowest BCUT2D eigenvalue weighted by molar-refractivity contribution is -0.113. The smallest absolute Gasteiger partial charge is 0.107 e. The molecule has 1 aromatic heterocycles. The van der Waals surface area contributed by atoms with Gasteiger partial charge >= 0.3 is 0 Å². The number of aryl methyl sites for hydroxylation is 2. The van der Waals surface area contributed by atoms with E-state index < -0.39 is 6.10 Å². The van der Waals surface area contributed by atoms with Crippen molar-refractivity contribution in [3.05, 3.63) is 22.6 Å². The number of furan rings is 1. The molecule has 1 aliphatic carbocycles. The zero-order chi connectivity index (χ0) is 14.3. The Balaban J connectivity index is 1.81. The Labute approximate surface area is 121 Å². The molecule has 1 aliphatic heterocycles. The predicted octanol–water partition coefficient (Wildman–Crippen LogP) is 3.98. The van der Waals surface area contributed by atoms with Crippen molar-refractivity contribution in [3.63, 3.8) is 0 Å². The van der Waals surface area contributed by atoms with Gasteiger partial charge in [-0.3, -0.25) is 0 Å². The fourth-order valence-corrected chi connectivity index (χ4v) is 4.18. The summed E-state index contributed by atoms with van der Waals surface area (Å²) in [6, 6.07) is 0. The van der Waals surface area contributed by atoms with Gasteiger partial charge in [-0.1, -0.05) is 12.8 Å². The Kier molecular flexibility index (Phi) is 3.67. The van der Waals surface area contributed by atoms with E-state index in [0.29, 0.717) is 5.92 Å². The van der Waals surface area contributed by atoms with Crippen LogP contribution in [0, 0.1) is 26.7 Å². The van der Waals surface area contributed by atoms with Crippen LogP contribution in [0.5, 0.6) is 0 Å². The van der Waals surface area contributed by atoms with E-state index in [2.05, 4.69) is 6.92 Å². The first-order valence-electron chi connectivity index (χ1n) is 7.91. The Morgan fingerprint density at radius 1 is 1.15 bits per heavy atom. The van der Waals surface area contributed by atoms with Gasteiger partial charge in [0.25, 0.3) is 0 Å². The molecule has 3 nitrogen and oxygen atoms in total. The molecule has 0 aromatic carbocycles. The fourth-order valence-electron chi connectivity index (χ4n) is 4.18. The molecule has 2 unspecified atom stereocenters. The second-order valence-electron chi connectivity index (χ2n) is 6.69. The van der Waals surface area contributed by atoms with Crippen LogP contribution in [0.3, 0.4) is 0 Å². The van der Waals surface area contributed by atoms with Crippen molar-refractivity contribution in [2.24, 2.45) is 5.92 Å². The molecule has 1 saturated carbocycles. The van der Waals surface area contributed by atoms with Gasteiger partial charge in [0.2, 0.25) is 0 Å². The lowest BCUT2D eigenvalue weighted by Crippen LogP contribution is -2.39. The van der Waals surface area contributed by atoms with E-state index >= 15 is 0 Å². The van der Waals surface area contributed by atoms with Crippen molar-refractivity contribution in [2.45, 2.75) is 71.0 Å². The summed E-state index contributed by atoms with van der Waals surface area (Å²) in [5.74, 6) is 2.11. The molecule has 1 spiro atoms. The van der Waals surface area contributed by atoms with Gasteiger partial charge in [0.05, 0.1) is 11.7 Å². The molecular formula is C17H26O3. The highest BCUT2D eigenvalue weighted by atomic mass is 16.5. The zero-order valence-electron chi connectivity index (χ0n) is 12.9. The SMILES string of the molecule is Cc1oc(C)c(C(O)C2CCOC3(CCCC3)C2)c1C. The summed E-state index contributed by atoms with van der Waals surface area (Å²) < 4.78 is 11.8. The van der Waals surface area contributed by atoms with Gasteiger partial charge in [0.15, 0.2) is 0 Å². The summed E-state index contributed by atoms with van der Waals surface area (Å²) in [6.45, 7) is 6.77. The highest BCUT2D eigenvalue weighted by Crippen LogP contribution is 2.46. The van der Waals surface area contributed by atoms with Crippen molar-refractivity contribution >= 4 is 0 Å². The van der Waals surface area contributed by atoms with Crippen molar-refractivity contribution in [3.8, 4) is 0 Å². The molecule has 2 fully saturated rings. The number of hydrogen-bond donors (Lipinski definition) is 1. The molecule has 1 N–H and O–H groups in total. The average molecular weight is 278 g/mol. The number of hydrogen-bond acceptors (Lipinski definition) is 3. The van der Waals surface area contributed by atoms with Gasteiger partial charge in [-0.05, 0) is 57.9 Å². The normalized spacial score (nSPS) is 27.1. The molecule has 1 saturated heterocycles. The topological polar surface area (TPSA) is 42.6 Å². The summed E-state index contributed by atoms with van der Waals surface area (Å²) in [4.78, 5) is 0. The highest BCUT2D eigenvalue weighted by Gasteiger charge is 2.42. The second kappa shape index (κ2) is 5.19. The molecule has 2 heterocycles. The van der Waals surface area contributed by atoms with Crippen molar-refractivity contribution < 1.29 is 14.3 Å². The van der Waals surface area contributed by atoms with Crippen LogP contribution in [-0.2, 0) is 4.74 Å². The predicted molar refractivity (Wildman–Crippen MR) is 77.8 cm³/mol. The number of ether oxygens (including phenoxy) is 1. The van der Waals surface area contributed by atoms with Crippen molar-refractivity contribution in [2.75, 3.05) is 6.61 Å². The summed E-state index contributed by atoms with van der Waals surface area (Å²) in [5, 5.41) is 10.8. The molecule has 3 rings (SSSR count). The van der Waals surface area contributed by atoms with Crippen LogP contribution in [0.2, 0.25) is 0 Å². The molecule has 0 radical (unpaired) electrons. The molecule has 2 aliphatic rings. The lowest BCUT2D eigenvalue weighted by atomic mass is 9.79. The summed E-state index contributed by atoms with van der Waals surface area (Å²) in [7, 11) is 0. The Morgan fingerprint density at radius 2 is 1.85 bits per heavy atom. The molecule has 2 atom stereocenters.